The third kappa shape index (κ3) is 6.46. The minimum atomic E-state index is -0.602. The molecule has 12 aromatic rings. The number of hydrogen-bond acceptors (Lipinski definition) is 3. The number of furan rings is 1. The molecule has 0 unspecified atom stereocenters. The SMILES string of the molecule is [2H]c1c([2H])c([2H])c(-c2cccc(-c3c([2H])c([2H])c([2H])c([2H])c3[2H])c2-[n+]2[c-]n(-c3cc(Oc4ccc5c6ccccc6n(-c6cc(C(C)(C)C)ccn6)c5c4)cc4c3oc3cc(C)c(F)cc34)c3ccccc32)c([2H])c1[2H]. The minimum Gasteiger partial charge on any atom is -0.460 e. The summed E-state index contributed by atoms with van der Waals surface area (Å²) in [7, 11) is 0. The van der Waals surface area contributed by atoms with Crippen molar-refractivity contribution in [2.24, 2.45) is 0 Å². The van der Waals surface area contributed by atoms with Gasteiger partial charge in [0.05, 0.1) is 41.5 Å². The highest BCUT2D eigenvalue weighted by Crippen LogP contribution is 2.42. The van der Waals surface area contributed by atoms with E-state index < -0.39 is 66.2 Å². The van der Waals surface area contributed by atoms with Gasteiger partial charge in [-0.25, -0.2) is 9.37 Å². The molecule has 0 saturated carbocycles. The molecule has 0 bridgehead atoms. The third-order valence-corrected chi connectivity index (χ3v) is 12.1. The molecule has 0 aliphatic carbocycles. The molecule has 0 aliphatic heterocycles. The zero-order valence-corrected chi connectivity index (χ0v) is 36.1. The van der Waals surface area contributed by atoms with Crippen LogP contribution in [0.4, 0.5) is 4.39 Å². The van der Waals surface area contributed by atoms with Gasteiger partial charge in [0, 0.05) is 33.8 Å². The normalized spacial score (nSPS) is 14.1. The Hall–Kier alpha value is -8.29. The lowest BCUT2D eigenvalue weighted by molar-refractivity contribution is -0.571. The molecule has 0 N–H and O–H groups in total. The van der Waals surface area contributed by atoms with Crippen LogP contribution < -0.4 is 9.30 Å². The summed E-state index contributed by atoms with van der Waals surface area (Å²) < 4.78 is 123. The van der Waals surface area contributed by atoms with Crippen molar-refractivity contribution in [3.05, 3.63) is 211 Å². The van der Waals surface area contributed by atoms with Gasteiger partial charge < -0.3 is 9.15 Å². The Morgan fingerprint density at radius 3 is 2.11 bits per heavy atom. The number of benzene rings is 8. The fourth-order valence-electron chi connectivity index (χ4n) is 8.95. The Balaban J connectivity index is 1.12. The van der Waals surface area contributed by atoms with E-state index in [1.54, 1.807) is 64.6 Å². The third-order valence-electron chi connectivity index (χ3n) is 12.1. The molecule has 0 atom stereocenters. The number of pyridine rings is 1. The van der Waals surface area contributed by atoms with E-state index in [1.807, 2.05) is 54.7 Å². The summed E-state index contributed by atoms with van der Waals surface area (Å²) in [5.41, 5.74) is 5.18. The van der Waals surface area contributed by atoms with Gasteiger partial charge in [-0.05, 0) is 100 Å². The van der Waals surface area contributed by atoms with Gasteiger partial charge in [0.25, 0.3) is 6.33 Å². The molecule has 66 heavy (non-hydrogen) atoms. The van der Waals surface area contributed by atoms with Gasteiger partial charge in [0.1, 0.15) is 40.0 Å². The van der Waals surface area contributed by atoms with Gasteiger partial charge >= 0.3 is 0 Å². The largest absolute Gasteiger partial charge is 0.460 e. The van der Waals surface area contributed by atoms with Crippen LogP contribution in [0.2, 0.25) is 0 Å². The van der Waals surface area contributed by atoms with Crippen LogP contribution in [-0.4, -0.2) is 14.1 Å². The van der Waals surface area contributed by atoms with E-state index in [1.165, 1.54) is 6.07 Å². The second-order valence-corrected chi connectivity index (χ2v) is 17.3. The lowest BCUT2D eigenvalue weighted by Crippen LogP contribution is -2.31. The summed E-state index contributed by atoms with van der Waals surface area (Å²) in [5.74, 6) is 1.13. The number of nitrogens with zero attached hydrogens (tertiary/aromatic N) is 4. The highest BCUT2D eigenvalue weighted by molar-refractivity contribution is 6.10. The molecular formula is C59H43FN4O2. The van der Waals surface area contributed by atoms with E-state index >= 15 is 4.39 Å². The lowest BCUT2D eigenvalue weighted by atomic mass is 9.88. The van der Waals surface area contributed by atoms with Crippen LogP contribution in [0.15, 0.2) is 192 Å². The molecule has 7 heteroatoms. The summed E-state index contributed by atoms with van der Waals surface area (Å²) in [6, 6.07) is 31.0. The van der Waals surface area contributed by atoms with E-state index in [9.17, 15) is 0 Å². The van der Waals surface area contributed by atoms with Crippen molar-refractivity contribution in [1.29, 1.82) is 0 Å². The van der Waals surface area contributed by atoms with Gasteiger partial charge in [0.2, 0.25) is 0 Å². The average Bonchev–Trinajstić information content (AvgIpc) is 4.11. The number of halogens is 1. The van der Waals surface area contributed by atoms with Gasteiger partial charge in [-0.15, -0.1) is 0 Å². The molecule has 0 amide bonds. The van der Waals surface area contributed by atoms with Crippen LogP contribution in [0.25, 0.3) is 94.2 Å². The molecule has 12 rings (SSSR count). The number of para-hydroxylation sites is 4. The summed E-state index contributed by atoms with van der Waals surface area (Å²) in [5, 5.41) is 3.00. The second kappa shape index (κ2) is 15.2. The van der Waals surface area contributed by atoms with E-state index in [0.717, 1.165) is 33.2 Å². The van der Waals surface area contributed by atoms with Gasteiger partial charge in [-0.1, -0.05) is 142 Å². The van der Waals surface area contributed by atoms with E-state index in [2.05, 4.69) is 49.9 Å². The standard InChI is InChI=1S/C59H43FN4O2/c1-37-30-55-47(35-49(37)60)48-32-42(65-41-26-27-46-45-20-11-12-23-50(45)64(53(46)33-41)56-31-40(28-29-61-56)59(2,3)4)34-54(58(48)66-55)62-36-63(52-25-14-13-24-51(52)62)57-43(38-16-7-5-8-17-38)21-15-22-44(57)39-18-9-6-10-19-39/h5-35H,1-4H3/i5D,6D,7D,8D,9D,10D,16D,17D,18D,19D. The summed E-state index contributed by atoms with van der Waals surface area (Å²) in [4.78, 5) is 4.85. The smallest absolute Gasteiger partial charge is 0.270 e. The topological polar surface area (TPSA) is 49.0 Å². The Morgan fingerprint density at radius 2 is 1.36 bits per heavy atom. The molecule has 0 radical (unpaired) electrons. The first-order chi connectivity index (χ1) is 36.3. The number of imidazole rings is 1. The van der Waals surface area contributed by atoms with Crippen molar-refractivity contribution in [2.45, 2.75) is 33.1 Å². The average molecular weight is 869 g/mol. The van der Waals surface area contributed by atoms with Gasteiger partial charge in [-0.3, -0.25) is 13.7 Å². The molecule has 6 nitrogen and oxygen atoms in total. The number of rotatable bonds is 7. The first kappa shape index (κ1) is 30.0. The van der Waals surface area contributed by atoms with Crippen molar-refractivity contribution >= 4 is 54.8 Å². The zero-order chi connectivity index (χ0) is 53.4. The van der Waals surface area contributed by atoms with E-state index in [-0.39, 0.29) is 33.4 Å². The first-order valence-electron chi connectivity index (χ1n) is 26.4. The molecule has 0 spiro atoms. The van der Waals surface area contributed by atoms with E-state index in [0.29, 0.717) is 55.7 Å². The molecule has 4 heterocycles. The summed E-state index contributed by atoms with van der Waals surface area (Å²) in [6.07, 6.45) is 5.28. The zero-order valence-electron chi connectivity index (χ0n) is 46.1. The number of aromatic nitrogens is 4. The number of ether oxygens (including phenoxy) is 1. The van der Waals surface area contributed by atoms with Crippen LogP contribution in [0.5, 0.6) is 11.5 Å². The van der Waals surface area contributed by atoms with Crippen LogP contribution in [0.1, 0.15) is 45.6 Å². The second-order valence-electron chi connectivity index (χ2n) is 17.3. The van der Waals surface area contributed by atoms with Crippen LogP contribution >= 0.6 is 0 Å². The van der Waals surface area contributed by atoms with Crippen LogP contribution in [-0.2, 0) is 5.41 Å². The maximum absolute atomic E-state index is 15.6. The number of aryl methyl sites for hydroxylation is 1. The highest BCUT2D eigenvalue weighted by Gasteiger charge is 2.24. The lowest BCUT2D eigenvalue weighted by Gasteiger charge is -2.20. The molecular weight excluding hydrogens is 816 g/mol. The maximum Gasteiger partial charge on any atom is 0.270 e. The molecule has 318 valence electrons. The molecule has 4 aromatic heterocycles. The predicted molar refractivity (Wildman–Crippen MR) is 264 cm³/mol. The molecule has 0 saturated heterocycles. The minimum absolute atomic E-state index is 0.0931. The fourth-order valence-corrected chi connectivity index (χ4v) is 8.95. The van der Waals surface area contributed by atoms with Crippen LogP contribution in [0, 0.1) is 19.1 Å². The Morgan fingerprint density at radius 1 is 0.667 bits per heavy atom. The predicted octanol–water partition coefficient (Wildman–Crippen LogP) is 15.0. The monoisotopic (exact) mass is 868 g/mol. The van der Waals surface area contributed by atoms with E-state index in [4.69, 9.17) is 27.8 Å². The first-order valence-corrected chi connectivity index (χ1v) is 21.4. The van der Waals surface area contributed by atoms with Crippen molar-refractivity contribution in [1.82, 2.24) is 14.1 Å². The Labute approximate surface area is 395 Å². The molecule has 8 aromatic carbocycles. The molecule has 0 aliphatic rings. The summed E-state index contributed by atoms with van der Waals surface area (Å²) in [6.45, 7) is 8.13. The molecule has 0 fully saturated rings. The highest BCUT2D eigenvalue weighted by atomic mass is 19.1. The van der Waals surface area contributed by atoms with Gasteiger partial charge in [-0.2, -0.15) is 0 Å². The van der Waals surface area contributed by atoms with Crippen molar-refractivity contribution in [3.63, 3.8) is 0 Å². The Kier molecular flexibility index (Phi) is 6.89. The van der Waals surface area contributed by atoms with Crippen molar-refractivity contribution in [2.75, 3.05) is 0 Å². The van der Waals surface area contributed by atoms with Crippen molar-refractivity contribution in [3.8, 4) is 50.9 Å². The number of fused-ring (bicyclic) bond motifs is 7. The summed E-state index contributed by atoms with van der Waals surface area (Å²) >= 11 is 0. The van der Waals surface area contributed by atoms with Gasteiger partial charge in [0.15, 0.2) is 0 Å². The van der Waals surface area contributed by atoms with Crippen LogP contribution in [0.3, 0.4) is 0 Å². The van der Waals surface area contributed by atoms with Crippen molar-refractivity contribution < 1.29 is 31.8 Å². The maximum atomic E-state index is 15.6. The quantitative estimate of drug-likeness (QED) is 0.118. The Bertz CT molecular complexity index is 4340. The number of hydrogen-bond donors (Lipinski definition) is 0. The fraction of sp³-hybridized carbons (Fsp3) is 0.0847.